The molecule has 1 heterocycles. The van der Waals surface area contributed by atoms with Gasteiger partial charge in [-0.1, -0.05) is 36.4 Å². The van der Waals surface area contributed by atoms with Gasteiger partial charge in [0.15, 0.2) is 5.96 Å². The largest absolute Gasteiger partial charge is 0.493 e. The van der Waals surface area contributed by atoms with Gasteiger partial charge in [-0.15, -0.1) is 0 Å². The third-order valence-electron chi connectivity index (χ3n) is 5.94. The summed E-state index contributed by atoms with van der Waals surface area (Å²) in [6, 6.07) is 14.8. The molecule has 0 aromatic heterocycles. The molecule has 1 fully saturated rings. The monoisotopic (exact) mass is 490 g/mol. The van der Waals surface area contributed by atoms with Crippen LogP contribution in [0.15, 0.2) is 47.5 Å². The Morgan fingerprint density at radius 2 is 1.69 bits per heavy atom. The van der Waals surface area contributed by atoms with E-state index in [0.717, 1.165) is 61.6 Å². The number of carbonyl (C=O) groups is 1. The molecule has 35 heavy (non-hydrogen) atoms. The van der Waals surface area contributed by atoms with Crippen LogP contribution in [0.3, 0.4) is 0 Å². The first-order valence-corrected chi connectivity index (χ1v) is 11.8. The van der Waals surface area contributed by atoms with E-state index >= 15 is 0 Å². The summed E-state index contributed by atoms with van der Waals surface area (Å²) in [5, 5.41) is 0. The van der Waals surface area contributed by atoms with Crippen molar-refractivity contribution in [1.82, 2.24) is 9.80 Å². The number of rotatable bonds is 11. The smallest absolute Gasteiger partial charge is 0.249 e. The first-order valence-electron chi connectivity index (χ1n) is 11.8. The number of hydrogen-bond acceptors (Lipinski definition) is 5. The Morgan fingerprint density at radius 1 is 1.00 bits per heavy atom. The minimum absolute atomic E-state index is 0. The van der Waals surface area contributed by atoms with E-state index in [2.05, 4.69) is 52.2 Å². The van der Waals surface area contributed by atoms with E-state index in [0.29, 0.717) is 19.6 Å². The summed E-state index contributed by atoms with van der Waals surface area (Å²) in [6.07, 6.45) is 1.57. The normalized spacial score (nSPS) is 14.2. The second-order valence-corrected chi connectivity index (χ2v) is 8.73. The van der Waals surface area contributed by atoms with Gasteiger partial charge in [-0.3, -0.25) is 9.69 Å². The number of nitrogens with two attached hydrogens (primary N) is 2. The number of guanidine groups is 1. The molecule has 0 spiro atoms. The van der Waals surface area contributed by atoms with Crippen molar-refractivity contribution in [2.24, 2.45) is 16.5 Å². The van der Waals surface area contributed by atoms with E-state index < -0.39 is 0 Å². The van der Waals surface area contributed by atoms with Crippen LogP contribution in [0.4, 0.5) is 0 Å². The fourth-order valence-corrected chi connectivity index (χ4v) is 3.97. The molecule has 0 atom stereocenters. The molecule has 0 saturated carbocycles. The van der Waals surface area contributed by atoms with Gasteiger partial charge >= 0.3 is 0 Å². The Balaban J connectivity index is 0.00000432. The van der Waals surface area contributed by atoms with Crippen LogP contribution < -0.4 is 16.2 Å². The van der Waals surface area contributed by atoms with Gasteiger partial charge in [-0.25, -0.2) is 0 Å². The Bertz CT molecular complexity index is 956. The third-order valence-corrected chi connectivity index (χ3v) is 5.94. The summed E-state index contributed by atoms with van der Waals surface area (Å²) in [7, 11) is 3.86. The maximum Gasteiger partial charge on any atom is 0.249 e. The maximum atomic E-state index is 11.8. The van der Waals surface area contributed by atoms with Gasteiger partial charge in [0.05, 0.1) is 6.61 Å². The van der Waals surface area contributed by atoms with Gasteiger partial charge in [0.2, 0.25) is 5.91 Å². The SMILES string of the molecule is COCCCOc1cc(CCC(=O)N=C(N)N)ccc1-c1ccc(CN2CCN(C)CC2)cc1.[Na]. The average Bonchev–Trinajstić information content (AvgIpc) is 2.82. The summed E-state index contributed by atoms with van der Waals surface area (Å²) >= 11 is 0. The zero-order valence-corrected chi connectivity index (χ0v) is 23.3. The molecule has 2 aromatic carbocycles. The minimum Gasteiger partial charge on any atom is -0.493 e. The molecule has 4 N–H and O–H groups in total. The molecular weight excluding hydrogens is 453 g/mol. The van der Waals surface area contributed by atoms with Crippen molar-refractivity contribution in [1.29, 1.82) is 0 Å². The number of hydrogen-bond donors (Lipinski definition) is 2. The molecule has 0 aliphatic carbocycles. The zero-order valence-electron chi connectivity index (χ0n) is 21.3. The molecule has 3 rings (SSSR count). The number of benzene rings is 2. The molecule has 1 saturated heterocycles. The second kappa shape index (κ2) is 15.2. The van der Waals surface area contributed by atoms with E-state index in [1.54, 1.807) is 7.11 Å². The topological polar surface area (TPSA) is 106 Å². The Labute approximate surface area is 230 Å². The van der Waals surface area contributed by atoms with Crippen LogP contribution in [0.1, 0.15) is 24.0 Å². The van der Waals surface area contributed by atoms with E-state index in [4.69, 9.17) is 20.9 Å². The molecule has 0 bridgehead atoms. The van der Waals surface area contributed by atoms with Crippen molar-refractivity contribution in [3.63, 3.8) is 0 Å². The first-order chi connectivity index (χ1) is 16.4. The summed E-state index contributed by atoms with van der Waals surface area (Å²) in [5.41, 5.74) is 15.0. The van der Waals surface area contributed by atoms with Crippen LogP contribution in [-0.4, -0.2) is 105 Å². The molecule has 1 aliphatic heterocycles. The maximum absolute atomic E-state index is 11.8. The van der Waals surface area contributed by atoms with Gasteiger partial charge in [0.1, 0.15) is 5.75 Å². The average molecular weight is 491 g/mol. The fourth-order valence-electron chi connectivity index (χ4n) is 3.97. The molecule has 1 radical (unpaired) electrons. The van der Waals surface area contributed by atoms with Crippen molar-refractivity contribution in [2.75, 3.05) is 53.6 Å². The number of nitrogens with zero attached hydrogens (tertiary/aromatic N) is 3. The zero-order chi connectivity index (χ0) is 24.3. The van der Waals surface area contributed by atoms with Crippen molar-refractivity contribution >= 4 is 41.4 Å². The van der Waals surface area contributed by atoms with Crippen molar-refractivity contribution in [3.05, 3.63) is 53.6 Å². The summed E-state index contributed by atoms with van der Waals surface area (Å²) in [4.78, 5) is 20.3. The summed E-state index contributed by atoms with van der Waals surface area (Å²) < 4.78 is 11.3. The van der Waals surface area contributed by atoms with Crippen LogP contribution in [-0.2, 0) is 22.5 Å². The molecular formula is C26H37N5NaO3. The van der Waals surface area contributed by atoms with Crippen molar-refractivity contribution in [2.45, 2.75) is 25.8 Å². The van der Waals surface area contributed by atoms with E-state index in [1.165, 1.54) is 5.56 Å². The van der Waals surface area contributed by atoms with Gasteiger partial charge in [0, 0.05) is 94.4 Å². The number of aliphatic imine (C=N–C) groups is 1. The van der Waals surface area contributed by atoms with Crippen molar-refractivity contribution in [3.8, 4) is 16.9 Å². The molecule has 8 nitrogen and oxygen atoms in total. The number of piperazine rings is 1. The van der Waals surface area contributed by atoms with Gasteiger partial charge < -0.3 is 25.8 Å². The van der Waals surface area contributed by atoms with Gasteiger partial charge in [-0.05, 0) is 36.2 Å². The summed E-state index contributed by atoms with van der Waals surface area (Å²) in [6.45, 7) is 6.60. The first kappa shape index (κ1) is 29.3. The third kappa shape index (κ3) is 9.91. The van der Waals surface area contributed by atoms with Crippen LogP contribution >= 0.6 is 0 Å². The van der Waals surface area contributed by atoms with Crippen LogP contribution in [0.2, 0.25) is 0 Å². The van der Waals surface area contributed by atoms with Crippen LogP contribution in [0.5, 0.6) is 5.75 Å². The standard InChI is InChI=1S/C26H37N5O3.Na/c1-30-12-14-31(15-13-30)19-21-4-8-22(9-5-21)23-10-6-20(7-11-25(32)29-26(27)28)18-24(23)34-17-3-16-33-2;/h4-6,8-10,18H,3,7,11-17,19H2,1-2H3,(H4,27,28,29,32);. The van der Waals surface area contributed by atoms with Crippen LogP contribution in [0.25, 0.3) is 11.1 Å². The molecule has 2 aromatic rings. The predicted octanol–water partition coefficient (Wildman–Crippen LogP) is 1.87. The Morgan fingerprint density at radius 3 is 2.34 bits per heavy atom. The molecule has 185 valence electrons. The second-order valence-electron chi connectivity index (χ2n) is 8.73. The number of aryl methyl sites for hydroxylation is 1. The van der Waals surface area contributed by atoms with Crippen molar-refractivity contribution < 1.29 is 14.3 Å². The minimum atomic E-state index is -0.331. The van der Waals surface area contributed by atoms with Gasteiger partial charge in [-0.2, -0.15) is 4.99 Å². The number of amides is 1. The Hall–Kier alpha value is -1.94. The molecule has 1 amide bonds. The molecule has 9 heteroatoms. The quantitative estimate of drug-likeness (QED) is 0.214. The summed E-state index contributed by atoms with van der Waals surface area (Å²) in [5.74, 6) is 0.260. The number of methoxy groups -OCH3 is 1. The number of likely N-dealkylation sites (N-methyl/N-ethyl adjacent to an activating group) is 1. The molecule has 0 unspecified atom stereocenters. The van der Waals surface area contributed by atoms with E-state index in [9.17, 15) is 4.79 Å². The predicted molar refractivity (Wildman–Crippen MR) is 142 cm³/mol. The van der Waals surface area contributed by atoms with Crippen LogP contribution in [0, 0.1) is 0 Å². The number of ether oxygens (including phenoxy) is 2. The van der Waals surface area contributed by atoms with Gasteiger partial charge in [0.25, 0.3) is 0 Å². The Kier molecular flexibility index (Phi) is 12.7. The van der Waals surface area contributed by atoms with E-state index in [1.807, 2.05) is 12.1 Å². The fraction of sp³-hybridized carbons (Fsp3) is 0.462. The van der Waals surface area contributed by atoms with E-state index in [-0.39, 0.29) is 47.8 Å². The number of carbonyl (C=O) groups excluding carboxylic acids is 1. The molecule has 1 aliphatic rings.